The molecular weight excluding hydrogens is 256 g/mol. The maximum absolute atomic E-state index is 10.9. The van der Waals surface area contributed by atoms with E-state index in [0.29, 0.717) is 5.41 Å². The summed E-state index contributed by atoms with van der Waals surface area (Å²) in [6.07, 6.45) is 11.6. The molecule has 0 aromatic heterocycles. The predicted octanol–water partition coefficient (Wildman–Crippen LogP) is 4.59. The zero-order valence-electron chi connectivity index (χ0n) is 13.0. The summed E-state index contributed by atoms with van der Waals surface area (Å²) < 4.78 is 0. The predicted molar refractivity (Wildman–Crippen MR) is 86.0 cm³/mol. The summed E-state index contributed by atoms with van der Waals surface area (Å²) in [5, 5.41) is 10.9. The molecule has 4 aliphatic rings. The van der Waals surface area contributed by atoms with Gasteiger partial charge in [-0.25, -0.2) is 0 Å². The fourth-order valence-electron chi connectivity index (χ4n) is 6.04. The van der Waals surface area contributed by atoms with Crippen LogP contribution in [0.3, 0.4) is 0 Å². The van der Waals surface area contributed by atoms with Gasteiger partial charge in [-0.2, -0.15) is 0 Å². The first-order valence-electron chi connectivity index (χ1n) is 8.95. The fourth-order valence-corrected chi connectivity index (χ4v) is 6.04. The first-order valence-corrected chi connectivity index (χ1v) is 8.95. The Bertz CT molecular complexity index is 443. The number of aliphatic hydroxyl groups excluding tert-OH is 1. The summed E-state index contributed by atoms with van der Waals surface area (Å²) in [5.74, 6) is 2.83. The molecule has 1 atom stereocenters. The molecule has 1 unspecified atom stereocenters. The van der Waals surface area contributed by atoms with E-state index in [1.165, 1.54) is 44.1 Å². The molecule has 1 aromatic rings. The van der Waals surface area contributed by atoms with Crippen molar-refractivity contribution < 1.29 is 5.11 Å². The van der Waals surface area contributed by atoms with Gasteiger partial charge in [0.25, 0.3) is 0 Å². The van der Waals surface area contributed by atoms with Crippen LogP contribution in [0.25, 0.3) is 0 Å². The Balaban J connectivity index is 1.35. The van der Waals surface area contributed by atoms with Gasteiger partial charge < -0.3 is 5.11 Å². The second-order valence-corrected chi connectivity index (χ2v) is 8.17. The van der Waals surface area contributed by atoms with Crippen LogP contribution in [0.5, 0.6) is 0 Å². The van der Waals surface area contributed by atoms with Crippen LogP contribution in [0.15, 0.2) is 30.3 Å². The fraction of sp³-hybridized carbons (Fsp3) is 0.700. The van der Waals surface area contributed by atoms with Crippen molar-refractivity contribution in [2.75, 3.05) is 0 Å². The van der Waals surface area contributed by atoms with Gasteiger partial charge in [0.05, 0.1) is 6.10 Å². The zero-order valence-corrected chi connectivity index (χ0v) is 13.0. The smallest absolute Gasteiger partial charge is 0.0596 e. The van der Waals surface area contributed by atoms with Crippen LogP contribution in [-0.2, 0) is 6.42 Å². The van der Waals surface area contributed by atoms with Gasteiger partial charge in [-0.3, -0.25) is 0 Å². The van der Waals surface area contributed by atoms with Crippen LogP contribution in [0.1, 0.15) is 56.9 Å². The maximum Gasteiger partial charge on any atom is 0.0596 e. The maximum atomic E-state index is 10.9. The van der Waals surface area contributed by atoms with E-state index in [4.69, 9.17) is 0 Å². The lowest BCUT2D eigenvalue weighted by molar-refractivity contribution is -0.122. The van der Waals surface area contributed by atoms with Crippen molar-refractivity contribution in [3.63, 3.8) is 0 Å². The minimum absolute atomic E-state index is 0.0467. The summed E-state index contributed by atoms with van der Waals surface area (Å²) in [7, 11) is 0. The average Bonchev–Trinajstić information content (AvgIpc) is 2.47. The SMILES string of the molecule is OC(CCCc1ccccc1)C12CC3CC(CC(C3)C1)C2. The number of hydrogen-bond donors (Lipinski definition) is 1. The Labute approximate surface area is 128 Å². The van der Waals surface area contributed by atoms with Gasteiger partial charge >= 0.3 is 0 Å². The Morgan fingerprint density at radius 3 is 2.10 bits per heavy atom. The van der Waals surface area contributed by atoms with Gasteiger partial charge in [0.15, 0.2) is 0 Å². The van der Waals surface area contributed by atoms with Crippen molar-refractivity contribution in [3.05, 3.63) is 35.9 Å². The Morgan fingerprint density at radius 1 is 0.952 bits per heavy atom. The van der Waals surface area contributed by atoms with Gasteiger partial charge in [0.2, 0.25) is 0 Å². The first-order chi connectivity index (χ1) is 10.2. The summed E-state index contributed by atoms with van der Waals surface area (Å²) in [4.78, 5) is 0. The van der Waals surface area contributed by atoms with Crippen molar-refractivity contribution in [2.45, 2.75) is 63.9 Å². The van der Waals surface area contributed by atoms with E-state index in [-0.39, 0.29) is 6.10 Å². The minimum atomic E-state index is -0.0467. The van der Waals surface area contributed by atoms with Crippen molar-refractivity contribution in [1.82, 2.24) is 0 Å². The first kappa shape index (κ1) is 13.8. The lowest BCUT2D eigenvalue weighted by atomic mass is 9.48. The van der Waals surface area contributed by atoms with E-state index >= 15 is 0 Å². The molecule has 21 heavy (non-hydrogen) atoms. The molecule has 0 saturated heterocycles. The second-order valence-electron chi connectivity index (χ2n) is 8.17. The van der Waals surface area contributed by atoms with E-state index in [1.807, 2.05) is 0 Å². The van der Waals surface area contributed by atoms with Gasteiger partial charge in [0, 0.05) is 0 Å². The van der Waals surface area contributed by atoms with Crippen molar-refractivity contribution >= 4 is 0 Å². The summed E-state index contributed by atoms with van der Waals surface area (Å²) >= 11 is 0. The molecule has 0 spiro atoms. The van der Waals surface area contributed by atoms with Crippen LogP contribution in [-0.4, -0.2) is 11.2 Å². The van der Waals surface area contributed by atoms with Crippen molar-refractivity contribution in [1.29, 1.82) is 0 Å². The van der Waals surface area contributed by atoms with Gasteiger partial charge in [-0.05, 0) is 86.5 Å². The third kappa shape index (κ3) is 2.65. The summed E-state index contributed by atoms with van der Waals surface area (Å²) in [6.45, 7) is 0. The lowest BCUT2D eigenvalue weighted by Crippen LogP contribution is -2.51. The Hall–Kier alpha value is -0.820. The van der Waals surface area contributed by atoms with Gasteiger partial charge in [-0.1, -0.05) is 30.3 Å². The van der Waals surface area contributed by atoms with Crippen LogP contribution in [0.4, 0.5) is 0 Å². The molecule has 4 aliphatic carbocycles. The van der Waals surface area contributed by atoms with Crippen molar-refractivity contribution in [2.24, 2.45) is 23.2 Å². The molecule has 1 nitrogen and oxygen atoms in total. The normalized spacial score (nSPS) is 38.6. The average molecular weight is 284 g/mol. The zero-order chi connectivity index (χ0) is 14.3. The molecule has 114 valence electrons. The minimum Gasteiger partial charge on any atom is -0.393 e. The second kappa shape index (κ2) is 5.43. The lowest BCUT2D eigenvalue weighted by Gasteiger charge is -2.58. The molecule has 1 heteroatoms. The van der Waals surface area contributed by atoms with Gasteiger partial charge in [-0.15, -0.1) is 0 Å². The molecule has 5 rings (SSSR count). The molecule has 0 radical (unpaired) electrons. The largest absolute Gasteiger partial charge is 0.393 e. The highest BCUT2D eigenvalue weighted by atomic mass is 16.3. The van der Waals surface area contributed by atoms with E-state index in [9.17, 15) is 5.11 Å². The van der Waals surface area contributed by atoms with E-state index in [2.05, 4.69) is 30.3 Å². The van der Waals surface area contributed by atoms with Gasteiger partial charge in [0.1, 0.15) is 0 Å². The third-order valence-electron chi connectivity index (χ3n) is 6.58. The standard InChI is InChI=1S/C20H28O/c21-19(8-4-7-15-5-2-1-3-6-15)20-12-16-9-17(13-20)11-18(10-16)14-20/h1-3,5-6,16-19,21H,4,7-14H2. The van der Waals surface area contributed by atoms with E-state index < -0.39 is 0 Å². The number of rotatable bonds is 5. The molecular formula is C20H28O. The molecule has 4 bridgehead atoms. The monoisotopic (exact) mass is 284 g/mol. The Kier molecular flexibility index (Phi) is 3.57. The quantitative estimate of drug-likeness (QED) is 0.838. The molecule has 0 heterocycles. The van der Waals surface area contributed by atoms with Crippen LogP contribution in [0.2, 0.25) is 0 Å². The van der Waals surface area contributed by atoms with Crippen molar-refractivity contribution in [3.8, 4) is 0 Å². The topological polar surface area (TPSA) is 20.2 Å². The van der Waals surface area contributed by atoms with Crippen LogP contribution in [0, 0.1) is 23.2 Å². The summed E-state index contributed by atoms with van der Waals surface area (Å²) in [5.41, 5.74) is 1.72. The molecule has 0 aliphatic heterocycles. The molecule has 1 aromatic carbocycles. The number of benzene rings is 1. The van der Waals surface area contributed by atoms with Crippen LogP contribution < -0.4 is 0 Å². The summed E-state index contributed by atoms with van der Waals surface area (Å²) in [6, 6.07) is 10.7. The number of hydrogen-bond acceptors (Lipinski definition) is 1. The number of aliphatic hydroxyl groups is 1. The highest BCUT2D eigenvalue weighted by Crippen LogP contribution is 2.61. The Morgan fingerprint density at radius 2 is 1.52 bits per heavy atom. The molecule has 0 amide bonds. The van der Waals surface area contributed by atoms with E-state index in [1.54, 1.807) is 0 Å². The molecule has 4 saturated carbocycles. The highest BCUT2D eigenvalue weighted by molar-refractivity contribution is 5.14. The highest BCUT2D eigenvalue weighted by Gasteiger charge is 2.53. The third-order valence-corrected chi connectivity index (χ3v) is 6.58. The van der Waals surface area contributed by atoms with Crippen LogP contribution >= 0.6 is 0 Å². The molecule has 1 N–H and O–H groups in total. The molecule has 4 fully saturated rings. The number of aryl methyl sites for hydroxylation is 1. The van der Waals surface area contributed by atoms with E-state index in [0.717, 1.165) is 37.0 Å².